The Morgan fingerprint density at radius 2 is 1.68 bits per heavy atom. The number of hydrogen-bond acceptors (Lipinski definition) is 6. The zero-order valence-electron chi connectivity index (χ0n) is 16.0. The van der Waals surface area contributed by atoms with Gasteiger partial charge in [0.2, 0.25) is 17.7 Å². The molecule has 1 aromatic carbocycles. The molecule has 150 valence electrons. The van der Waals surface area contributed by atoms with Crippen LogP contribution in [0.1, 0.15) is 25.2 Å². The summed E-state index contributed by atoms with van der Waals surface area (Å²) in [5, 5.41) is 8.90. The lowest BCUT2D eigenvalue weighted by molar-refractivity contribution is -0.133. The molecule has 1 amide bonds. The molecule has 2 saturated heterocycles. The maximum Gasteiger partial charge on any atom is 0.249 e. The summed E-state index contributed by atoms with van der Waals surface area (Å²) < 4.78 is 5.80. The van der Waals surface area contributed by atoms with E-state index >= 15 is 0 Å². The van der Waals surface area contributed by atoms with Crippen molar-refractivity contribution in [2.24, 2.45) is 0 Å². The minimum absolute atomic E-state index is 0.273. The maximum atomic E-state index is 12.4. The van der Waals surface area contributed by atoms with Crippen molar-refractivity contribution in [2.45, 2.75) is 25.8 Å². The van der Waals surface area contributed by atoms with Crippen molar-refractivity contribution >= 4 is 17.5 Å². The van der Waals surface area contributed by atoms with Gasteiger partial charge < -0.3 is 9.32 Å². The Bertz CT molecular complexity index is 797. The van der Waals surface area contributed by atoms with Crippen molar-refractivity contribution in [1.29, 1.82) is 0 Å². The van der Waals surface area contributed by atoms with E-state index < -0.39 is 0 Å². The van der Waals surface area contributed by atoms with E-state index in [1.807, 2.05) is 29.2 Å². The van der Waals surface area contributed by atoms with Crippen LogP contribution in [-0.4, -0.2) is 76.6 Å². The Balaban J connectivity index is 1.26. The van der Waals surface area contributed by atoms with Gasteiger partial charge >= 0.3 is 0 Å². The summed E-state index contributed by atoms with van der Waals surface area (Å²) >= 11 is 6.20. The number of likely N-dealkylation sites (tertiary alicyclic amines) is 1. The molecule has 2 fully saturated rings. The van der Waals surface area contributed by atoms with Crippen LogP contribution >= 0.6 is 11.6 Å². The van der Waals surface area contributed by atoms with E-state index in [0.29, 0.717) is 29.9 Å². The normalized spacial score (nSPS) is 19.1. The van der Waals surface area contributed by atoms with E-state index in [4.69, 9.17) is 16.0 Å². The zero-order valence-corrected chi connectivity index (χ0v) is 16.8. The topological polar surface area (TPSA) is 65.7 Å². The molecule has 2 aliphatic heterocycles. The second-order valence-corrected chi connectivity index (χ2v) is 7.88. The van der Waals surface area contributed by atoms with E-state index in [2.05, 4.69) is 20.0 Å². The molecular formula is C20H26ClN5O2. The Hall–Kier alpha value is -1.96. The highest BCUT2D eigenvalue weighted by Gasteiger charge is 2.23. The molecule has 2 aliphatic rings. The molecule has 28 heavy (non-hydrogen) atoms. The van der Waals surface area contributed by atoms with Gasteiger partial charge in [0.15, 0.2) is 0 Å². The highest BCUT2D eigenvalue weighted by atomic mass is 35.5. The van der Waals surface area contributed by atoms with Crippen LogP contribution in [0.3, 0.4) is 0 Å². The fraction of sp³-hybridized carbons (Fsp3) is 0.550. The van der Waals surface area contributed by atoms with Crippen molar-refractivity contribution in [3.05, 3.63) is 35.2 Å². The molecule has 3 heterocycles. The number of hydrogen-bond donors (Lipinski definition) is 0. The quantitative estimate of drug-likeness (QED) is 0.764. The van der Waals surface area contributed by atoms with Crippen LogP contribution < -0.4 is 0 Å². The molecule has 7 nitrogen and oxygen atoms in total. The first kappa shape index (κ1) is 19.4. The van der Waals surface area contributed by atoms with E-state index in [1.54, 1.807) is 0 Å². The number of benzene rings is 1. The minimum atomic E-state index is 0.273. The van der Waals surface area contributed by atoms with Crippen LogP contribution in [0.25, 0.3) is 11.5 Å². The Labute approximate surface area is 170 Å². The summed E-state index contributed by atoms with van der Waals surface area (Å²) in [4.78, 5) is 19.0. The van der Waals surface area contributed by atoms with E-state index in [-0.39, 0.29) is 5.91 Å². The van der Waals surface area contributed by atoms with Crippen LogP contribution in [0.2, 0.25) is 5.02 Å². The summed E-state index contributed by atoms with van der Waals surface area (Å²) in [6, 6.07) is 7.46. The van der Waals surface area contributed by atoms with Gasteiger partial charge in [-0.25, -0.2) is 0 Å². The SMILES string of the molecule is O=C(CN1CCN(Cc2nnc(-c3ccccc3Cl)o2)CC1)N1CCCCC1. The first-order valence-electron chi connectivity index (χ1n) is 9.99. The number of piperazine rings is 1. The van der Waals surface area contributed by atoms with Crippen LogP contribution in [0.15, 0.2) is 28.7 Å². The van der Waals surface area contributed by atoms with Gasteiger partial charge in [0.1, 0.15) is 0 Å². The van der Waals surface area contributed by atoms with Crippen molar-refractivity contribution in [3.63, 3.8) is 0 Å². The van der Waals surface area contributed by atoms with Crippen molar-refractivity contribution in [2.75, 3.05) is 45.8 Å². The summed E-state index contributed by atoms with van der Waals surface area (Å²) in [7, 11) is 0. The molecule has 0 aliphatic carbocycles. The van der Waals surface area contributed by atoms with Gasteiger partial charge in [0.05, 0.1) is 23.7 Å². The number of carbonyl (C=O) groups is 1. The highest BCUT2D eigenvalue weighted by Crippen LogP contribution is 2.26. The average Bonchev–Trinajstić information content (AvgIpc) is 3.18. The number of rotatable bonds is 5. The van der Waals surface area contributed by atoms with Crippen LogP contribution in [0.4, 0.5) is 0 Å². The maximum absolute atomic E-state index is 12.4. The second-order valence-electron chi connectivity index (χ2n) is 7.47. The largest absolute Gasteiger partial charge is 0.419 e. The number of halogens is 1. The van der Waals surface area contributed by atoms with Crippen molar-refractivity contribution in [1.82, 2.24) is 24.9 Å². The van der Waals surface area contributed by atoms with Gasteiger partial charge in [-0.3, -0.25) is 14.6 Å². The van der Waals surface area contributed by atoms with Crippen molar-refractivity contribution in [3.8, 4) is 11.5 Å². The predicted molar refractivity (Wildman–Crippen MR) is 107 cm³/mol. The third kappa shape index (κ3) is 4.71. The fourth-order valence-corrected chi connectivity index (χ4v) is 4.01. The molecular weight excluding hydrogens is 378 g/mol. The third-order valence-corrected chi connectivity index (χ3v) is 5.79. The monoisotopic (exact) mass is 403 g/mol. The second kappa shape index (κ2) is 9.03. The lowest BCUT2D eigenvalue weighted by atomic mass is 10.1. The molecule has 0 bridgehead atoms. The lowest BCUT2D eigenvalue weighted by Crippen LogP contribution is -2.50. The molecule has 0 unspecified atom stereocenters. The number of nitrogens with zero attached hydrogens (tertiary/aromatic N) is 5. The van der Waals surface area contributed by atoms with E-state index in [9.17, 15) is 4.79 Å². The van der Waals surface area contributed by atoms with Gasteiger partial charge in [0.25, 0.3) is 0 Å². The van der Waals surface area contributed by atoms with Gasteiger partial charge in [-0.2, -0.15) is 0 Å². The molecule has 0 N–H and O–H groups in total. The van der Waals surface area contributed by atoms with E-state index in [0.717, 1.165) is 57.7 Å². The van der Waals surface area contributed by atoms with Gasteiger partial charge in [-0.15, -0.1) is 10.2 Å². The van der Waals surface area contributed by atoms with Gasteiger partial charge in [-0.05, 0) is 31.4 Å². The smallest absolute Gasteiger partial charge is 0.249 e. The molecule has 0 spiro atoms. The summed E-state index contributed by atoms with van der Waals surface area (Å²) in [6.45, 7) is 6.52. The summed E-state index contributed by atoms with van der Waals surface area (Å²) in [6.07, 6.45) is 3.52. The molecule has 0 radical (unpaired) electrons. The standard InChI is InChI=1S/C20H26ClN5O2/c21-17-7-3-2-6-16(17)20-23-22-18(28-20)14-24-10-12-25(13-11-24)15-19(27)26-8-4-1-5-9-26/h2-3,6-7H,1,4-5,8-15H2. The Kier molecular flexibility index (Phi) is 6.24. The first-order chi connectivity index (χ1) is 13.7. The zero-order chi connectivity index (χ0) is 19.3. The lowest BCUT2D eigenvalue weighted by Gasteiger charge is -2.35. The number of carbonyl (C=O) groups excluding carboxylic acids is 1. The number of amides is 1. The van der Waals surface area contributed by atoms with Crippen molar-refractivity contribution < 1.29 is 9.21 Å². The van der Waals surface area contributed by atoms with Gasteiger partial charge in [-0.1, -0.05) is 23.7 Å². The van der Waals surface area contributed by atoms with Gasteiger partial charge in [0, 0.05) is 39.3 Å². The third-order valence-electron chi connectivity index (χ3n) is 5.46. The molecule has 8 heteroatoms. The van der Waals surface area contributed by atoms with Crippen LogP contribution in [-0.2, 0) is 11.3 Å². The summed E-state index contributed by atoms with van der Waals surface area (Å²) in [5.41, 5.74) is 0.754. The molecule has 0 saturated carbocycles. The Morgan fingerprint density at radius 1 is 0.964 bits per heavy atom. The fourth-order valence-electron chi connectivity index (χ4n) is 3.79. The van der Waals surface area contributed by atoms with Crippen LogP contribution in [0, 0.1) is 0 Å². The Morgan fingerprint density at radius 3 is 2.43 bits per heavy atom. The molecule has 1 aromatic heterocycles. The summed E-state index contributed by atoms with van der Waals surface area (Å²) in [5.74, 6) is 1.31. The number of piperidine rings is 1. The minimum Gasteiger partial charge on any atom is -0.419 e. The highest BCUT2D eigenvalue weighted by molar-refractivity contribution is 6.33. The molecule has 4 rings (SSSR count). The van der Waals surface area contributed by atoms with Crippen LogP contribution in [0.5, 0.6) is 0 Å². The number of aromatic nitrogens is 2. The molecule has 2 aromatic rings. The van der Waals surface area contributed by atoms with E-state index in [1.165, 1.54) is 6.42 Å². The average molecular weight is 404 g/mol. The first-order valence-corrected chi connectivity index (χ1v) is 10.4. The molecule has 0 atom stereocenters. The predicted octanol–water partition coefficient (Wildman–Crippen LogP) is 2.52.